The van der Waals surface area contributed by atoms with Crippen LogP contribution in [-0.4, -0.2) is 54.4 Å². The lowest BCUT2D eigenvalue weighted by atomic mass is 9.99. The van der Waals surface area contributed by atoms with E-state index in [1.807, 2.05) is 6.07 Å². The van der Waals surface area contributed by atoms with Gasteiger partial charge in [0.25, 0.3) is 0 Å². The molecule has 100 valence electrons. The molecule has 0 saturated carbocycles. The van der Waals surface area contributed by atoms with Gasteiger partial charge in [-0.05, 0) is 6.92 Å². The molecule has 7 nitrogen and oxygen atoms in total. The van der Waals surface area contributed by atoms with E-state index in [0.29, 0.717) is 6.61 Å². The Morgan fingerprint density at radius 3 is 2.78 bits per heavy atom. The minimum atomic E-state index is -1.35. The van der Waals surface area contributed by atoms with Gasteiger partial charge in [0.1, 0.15) is 0 Å². The molecule has 0 bridgehead atoms. The second kappa shape index (κ2) is 5.69. The number of carboxylic acids is 1. The van der Waals surface area contributed by atoms with E-state index in [4.69, 9.17) is 15.1 Å². The number of carbonyl (C=O) groups is 2. The predicted molar refractivity (Wildman–Crippen MR) is 61.7 cm³/mol. The van der Waals surface area contributed by atoms with E-state index in [9.17, 15) is 9.59 Å². The first-order chi connectivity index (χ1) is 8.41. The van der Waals surface area contributed by atoms with Crippen molar-refractivity contribution in [2.75, 3.05) is 26.8 Å². The van der Waals surface area contributed by atoms with Crippen LogP contribution in [-0.2, 0) is 9.53 Å². The number of hydrogen-bond donors (Lipinski definition) is 2. The Balaban J connectivity index is 2.63. The van der Waals surface area contributed by atoms with Gasteiger partial charge in [0.15, 0.2) is 5.54 Å². The average molecular weight is 255 g/mol. The highest BCUT2D eigenvalue weighted by atomic mass is 16.5. The molecule has 1 rings (SSSR count). The monoisotopic (exact) mass is 255 g/mol. The molecule has 1 aliphatic heterocycles. The summed E-state index contributed by atoms with van der Waals surface area (Å²) >= 11 is 0. The largest absolute Gasteiger partial charge is 0.479 e. The summed E-state index contributed by atoms with van der Waals surface area (Å²) in [7, 11) is 1.52. The zero-order valence-electron chi connectivity index (χ0n) is 10.5. The SMILES string of the molecule is CC(C#N)CN(C)C(=O)NC1(C(=O)O)CCOC1. The fourth-order valence-electron chi connectivity index (χ4n) is 1.72. The van der Waals surface area contributed by atoms with Gasteiger partial charge in [-0.15, -0.1) is 0 Å². The quantitative estimate of drug-likeness (QED) is 0.737. The maximum atomic E-state index is 11.8. The molecule has 2 atom stereocenters. The molecule has 0 aromatic rings. The lowest BCUT2D eigenvalue weighted by molar-refractivity contribution is -0.144. The second-order valence-corrected chi connectivity index (χ2v) is 4.53. The summed E-state index contributed by atoms with van der Waals surface area (Å²) in [6.07, 6.45) is 0.246. The smallest absolute Gasteiger partial charge is 0.332 e. The molecule has 0 aliphatic carbocycles. The van der Waals surface area contributed by atoms with Crippen LogP contribution in [0.3, 0.4) is 0 Å². The highest BCUT2D eigenvalue weighted by Gasteiger charge is 2.44. The van der Waals surface area contributed by atoms with Crippen LogP contribution in [0.25, 0.3) is 0 Å². The highest BCUT2D eigenvalue weighted by molar-refractivity contribution is 5.86. The second-order valence-electron chi connectivity index (χ2n) is 4.53. The van der Waals surface area contributed by atoms with Crippen molar-refractivity contribution in [1.29, 1.82) is 5.26 Å². The summed E-state index contributed by atoms with van der Waals surface area (Å²) in [6, 6.07) is 1.50. The van der Waals surface area contributed by atoms with Gasteiger partial charge < -0.3 is 20.1 Å². The molecule has 1 heterocycles. The summed E-state index contributed by atoms with van der Waals surface area (Å²) in [5.74, 6) is -1.41. The number of nitriles is 1. The molecule has 0 aromatic heterocycles. The lowest BCUT2D eigenvalue weighted by Gasteiger charge is -2.27. The predicted octanol–water partition coefficient (Wildman–Crippen LogP) is 0.0312. The molecule has 0 spiro atoms. The number of amides is 2. The fraction of sp³-hybridized carbons (Fsp3) is 0.727. The number of aliphatic carboxylic acids is 1. The maximum absolute atomic E-state index is 11.8. The van der Waals surface area contributed by atoms with E-state index >= 15 is 0 Å². The Hall–Kier alpha value is -1.81. The number of hydrogen-bond acceptors (Lipinski definition) is 4. The number of urea groups is 1. The Morgan fingerprint density at radius 2 is 2.33 bits per heavy atom. The summed E-state index contributed by atoms with van der Waals surface area (Å²) < 4.78 is 5.04. The third-order valence-electron chi connectivity index (χ3n) is 2.89. The van der Waals surface area contributed by atoms with E-state index in [2.05, 4.69) is 5.32 Å². The highest BCUT2D eigenvalue weighted by Crippen LogP contribution is 2.19. The number of carboxylic acid groups (broad SMARTS) is 1. The first kappa shape index (κ1) is 14.3. The van der Waals surface area contributed by atoms with E-state index in [0.717, 1.165) is 0 Å². The van der Waals surface area contributed by atoms with Crippen molar-refractivity contribution in [2.24, 2.45) is 5.92 Å². The topological polar surface area (TPSA) is 103 Å². The number of nitrogens with one attached hydrogen (secondary N) is 1. The summed E-state index contributed by atoms with van der Waals surface area (Å²) in [5, 5.41) is 20.3. The van der Waals surface area contributed by atoms with Gasteiger partial charge in [0.05, 0.1) is 18.6 Å². The molecular formula is C11H17N3O4. The number of rotatable bonds is 4. The Kier molecular flexibility index (Phi) is 4.50. The maximum Gasteiger partial charge on any atom is 0.332 e. The third kappa shape index (κ3) is 3.11. The normalized spacial score (nSPS) is 24.1. The van der Waals surface area contributed by atoms with E-state index < -0.39 is 17.5 Å². The number of carbonyl (C=O) groups excluding carboxylic acids is 1. The van der Waals surface area contributed by atoms with Gasteiger partial charge in [-0.25, -0.2) is 9.59 Å². The molecule has 1 saturated heterocycles. The van der Waals surface area contributed by atoms with Crippen LogP contribution in [0, 0.1) is 17.2 Å². The van der Waals surface area contributed by atoms with Gasteiger partial charge in [0.2, 0.25) is 0 Å². The van der Waals surface area contributed by atoms with Crippen LogP contribution >= 0.6 is 0 Å². The zero-order chi connectivity index (χ0) is 13.8. The lowest BCUT2D eigenvalue weighted by Crippen LogP contribution is -2.58. The van der Waals surface area contributed by atoms with Crippen LogP contribution < -0.4 is 5.32 Å². The van der Waals surface area contributed by atoms with Gasteiger partial charge in [-0.2, -0.15) is 5.26 Å². The van der Waals surface area contributed by atoms with Gasteiger partial charge in [-0.3, -0.25) is 0 Å². The standard InChI is InChI=1S/C11H17N3O4/c1-8(5-12)6-14(2)10(17)13-11(9(15)16)3-4-18-7-11/h8H,3-4,6-7H2,1-2H3,(H,13,17)(H,15,16). The van der Waals surface area contributed by atoms with Crippen LogP contribution in [0.15, 0.2) is 0 Å². The van der Waals surface area contributed by atoms with Crippen molar-refractivity contribution in [3.05, 3.63) is 0 Å². The molecule has 0 radical (unpaired) electrons. The Labute approximate surface area is 105 Å². The third-order valence-corrected chi connectivity index (χ3v) is 2.89. The average Bonchev–Trinajstić information content (AvgIpc) is 2.78. The zero-order valence-corrected chi connectivity index (χ0v) is 10.5. The van der Waals surface area contributed by atoms with Gasteiger partial charge in [-0.1, -0.05) is 0 Å². The molecule has 1 aliphatic rings. The summed E-state index contributed by atoms with van der Waals surface area (Å²) in [5.41, 5.74) is -1.35. The van der Waals surface area contributed by atoms with E-state index in [1.54, 1.807) is 6.92 Å². The van der Waals surface area contributed by atoms with Gasteiger partial charge >= 0.3 is 12.0 Å². The molecule has 1 fully saturated rings. The molecule has 18 heavy (non-hydrogen) atoms. The minimum absolute atomic E-state index is 0.0320. The molecule has 0 aromatic carbocycles. The minimum Gasteiger partial charge on any atom is -0.479 e. The van der Waals surface area contributed by atoms with Crippen molar-refractivity contribution in [3.8, 4) is 6.07 Å². The Morgan fingerprint density at radius 1 is 1.67 bits per heavy atom. The van der Waals surface area contributed by atoms with Crippen molar-refractivity contribution >= 4 is 12.0 Å². The molecule has 7 heteroatoms. The van der Waals surface area contributed by atoms with Crippen LogP contribution in [0.2, 0.25) is 0 Å². The van der Waals surface area contributed by atoms with Crippen molar-refractivity contribution in [2.45, 2.75) is 18.9 Å². The summed E-state index contributed by atoms with van der Waals surface area (Å²) in [6.45, 7) is 2.22. The van der Waals surface area contributed by atoms with E-state index in [-0.39, 0.29) is 25.5 Å². The fourth-order valence-corrected chi connectivity index (χ4v) is 1.72. The van der Waals surface area contributed by atoms with Crippen molar-refractivity contribution < 1.29 is 19.4 Å². The van der Waals surface area contributed by atoms with Crippen LogP contribution in [0.4, 0.5) is 4.79 Å². The first-order valence-corrected chi connectivity index (χ1v) is 5.65. The first-order valence-electron chi connectivity index (χ1n) is 5.65. The van der Waals surface area contributed by atoms with E-state index in [1.165, 1.54) is 11.9 Å². The molecule has 2 amide bonds. The van der Waals surface area contributed by atoms with Gasteiger partial charge in [0, 0.05) is 26.6 Å². The van der Waals surface area contributed by atoms with Crippen molar-refractivity contribution in [3.63, 3.8) is 0 Å². The number of nitrogens with zero attached hydrogens (tertiary/aromatic N) is 2. The molecule has 2 N–H and O–H groups in total. The number of ether oxygens (including phenoxy) is 1. The van der Waals surface area contributed by atoms with Crippen molar-refractivity contribution in [1.82, 2.24) is 10.2 Å². The molecule has 2 unspecified atom stereocenters. The van der Waals surface area contributed by atoms with Crippen LogP contribution in [0.5, 0.6) is 0 Å². The summed E-state index contributed by atoms with van der Waals surface area (Å²) in [4.78, 5) is 24.3. The Bertz CT molecular complexity index is 371. The molecular weight excluding hydrogens is 238 g/mol. The van der Waals surface area contributed by atoms with Crippen LogP contribution in [0.1, 0.15) is 13.3 Å².